The summed E-state index contributed by atoms with van der Waals surface area (Å²) in [4.78, 5) is 26.5. The van der Waals surface area contributed by atoms with Crippen LogP contribution in [0, 0.1) is 0 Å². The number of nitrogens with zero attached hydrogens (tertiary/aromatic N) is 1. The van der Waals surface area contributed by atoms with Gasteiger partial charge in [0.1, 0.15) is 5.76 Å². The van der Waals surface area contributed by atoms with E-state index in [0.717, 1.165) is 12.2 Å². The zero-order valence-electron chi connectivity index (χ0n) is 10.7. The lowest BCUT2D eigenvalue weighted by atomic mass is 10.3. The van der Waals surface area contributed by atoms with Crippen molar-refractivity contribution in [3.05, 3.63) is 17.8 Å². The highest BCUT2D eigenvalue weighted by Gasteiger charge is 2.15. The quantitative estimate of drug-likeness (QED) is 0.696. The van der Waals surface area contributed by atoms with Crippen LogP contribution in [-0.4, -0.2) is 30.0 Å². The van der Waals surface area contributed by atoms with Crippen LogP contribution in [0.4, 0.5) is 4.79 Å². The molecule has 0 spiro atoms. The Bertz CT molecular complexity index is 416. The number of carbonyl (C=O) groups excluding carboxylic acids is 2. The molecular formula is C11H18N4O3. The summed E-state index contributed by atoms with van der Waals surface area (Å²) < 4.78 is 5.38. The first-order valence-corrected chi connectivity index (χ1v) is 5.76. The molecule has 1 aromatic heterocycles. The topological polar surface area (TPSA) is 96.3 Å². The Kier molecular flexibility index (Phi) is 5.31. The zero-order chi connectivity index (χ0) is 13.5. The molecule has 3 amide bonds. The van der Waals surface area contributed by atoms with Gasteiger partial charge in [-0.1, -0.05) is 6.92 Å². The molecule has 18 heavy (non-hydrogen) atoms. The van der Waals surface area contributed by atoms with Crippen LogP contribution in [0.15, 0.2) is 10.6 Å². The average molecular weight is 254 g/mol. The third-order valence-electron chi connectivity index (χ3n) is 2.37. The third kappa shape index (κ3) is 4.17. The van der Waals surface area contributed by atoms with E-state index in [2.05, 4.69) is 20.9 Å². The third-order valence-corrected chi connectivity index (χ3v) is 2.37. The van der Waals surface area contributed by atoms with E-state index in [1.165, 1.54) is 7.05 Å². The molecule has 0 aliphatic rings. The molecule has 1 heterocycles. The number of aromatic nitrogens is 1. The highest BCUT2D eigenvalue weighted by molar-refractivity contribution is 5.96. The van der Waals surface area contributed by atoms with Crippen molar-refractivity contribution in [2.75, 3.05) is 7.05 Å². The van der Waals surface area contributed by atoms with Gasteiger partial charge in [0, 0.05) is 13.5 Å². The number of rotatable bonds is 5. The van der Waals surface area contributed by atoms with Gasteiger partial charge in [-0.25, -0.2) is 9.78 Å². The van der Waals surface area contributed by atoms with Gasteiger partial charge in [0.05, 0.1) is 18.8 Å². The minimum absolute atomic E-state index is 0.336. The van der Waals surface area contributed by atoms with E-state index >= 15 is 0 Å². The lowest BCUT2D eigenvalue weighted by molar-refractivity contribution is -0.121. The van der Waals surface area contributed by atoms with Gasteiger partial charge in [-0.05, 0) is 6.92 Å². The van der Waals surface area contributed by atoms with E-state index in [1.54, 1.807) is 13.1 Å². The minimum Gasteiger partial charge on any atom is -0.444 e. The van der Waals surface area contributed by atoms with Crippen LogP contribution in [0.5, 0.6) is 0 Å². The van der Waals surface area contributed by atoms with Gasteiger partial charge in [-0.2, -0.15) is 0 Å². The molecule has 7 heteroatoms. The maximum Gasteiger partial charge on any atom is 0.321 e. The van der Waals surface area contributed by atoms with E-state index < -0.39 is 18.0 Å². The summed E-state index contributed by atoms with van der Waals surface area (Å²) in [5.41, 5.74) is 0. The monoisotopic (exact) mass is 254 g/mol. The van der Waals surface area contributed by atoms with E-state index in [1.807, 2.05) is 6.92 Å². The molecule has 0 aliphatic carbocycles. The summed E-state index contributed by atoms with van der Waals surface area (Å²) in [7, 11) is 1.44. The molecule has 0 fully saturated rings. The largest absolute Gasteiger partial charge is 0.444 e. The molecule has 0 radical (unpaired) electrons. The van der Waals surface area contributed by atoms with Crippen LogP contribution in [0.1, 0.15) is 25.5 Å². The highest BCUT2D eigenvalue weighted by atomic mass is 16.4. The van der Waals surface area contributed by atoms with Gasteiger partial charge >= 0.3 is 6.03 Å². The standard InChI is InChI=1S/C11H18N4O3/c1-4-8-5-14-9(18-8)6-13-7(2)10(16)15-11(17)12-3/h5,7,13H,4,6H2,1-3H3,(H2,12,15,16,17). The van der Waals surface area contributed by atoms with E-state index in [4.69, 9.17) is 4.42 Å². The Morgan fingerprint density at radius 2 is 2.22 bits per heavy atom. The number of urea groups is 1. The van der Waals surface area contributed by atoms with E-state index in [0.29, 0.717) is 12.4 Å². The molecule has 1 atom stereocenters. The Morgan fingerprint density at radius 3 is 2.78 bits per heavy atom. The number of aryl methyl sites for hydroxylation is 1. The molecule has 0 bridgehead atoms. The smallest absolute Gasteiger partial charge is 0.321 e. The lowest BCUT2D eigenvalue weighted by Gasteiger charge is -2.11. The molecule has 100 valence electrons. The Balaban J connectivity index is 2.38. The summed E-state index contributed by atoms with van der Waals surface area (Å²) in [5, 5.41) is 7.40. The maximum atomic E-state index is 11.5. The molecule has 1 aromatic rings. The molecule has 1 unspecified atom stereocenters. The second kappa shape index (κ2) is 6.75. The number of nitrogens with one attached hydrogen (secondary N) is 3. The molecule has 3 N–H and O–H groups in total. The van der Waals surface area contributed by atoms with Crippen LogP contribution in [0.25, 0.3) is 0 Å². The number of hydrogen-bond donors (Lipinski definition) is 3. The van der Waals surface area contributed by atoms with Crippen molar-refractivity contribution in [1.29, 1.82) is 0 Å². The molecular weight excluding hydrogens is 236 g/mol. The Morgan fingerprint density at radius 1 is 1.50 bits per heavy atom. The predicted octanol–water partition coefficient (Wildman–Crippen LogP) is 0.171. The van der Waals surface area contributed by atoms with Gasteiger partial charge in [0.25, 0.3) is 0 Å². The SMILES string of the molecule is CCc1cnc(CNC(C)C(=O)NC(=O)NC)o1. The number of imide groups is 1. The summed E-state index contributed by atoms with van der Waals surface area (Å²) in [6.07, 6.45) is 2.44. The van der Waals surface area contributed by atoms with E-state index in [-0.39, 0.29) is 0 Å². The van der Waals surface area contributed by atoms with Crippen LogP contribution in [0.2, 0.25) is 0 Å². The van der Waals surface area contributed by atoms with Gasteiger partial charge in [0.2, 0.25) is 11.8 Å². The molecule has 0 aliphatic heterocycles. The second-order valence-electron chi connectivity index (χ2n) is 3.74. The average Bonchev–Trinajstić information content (AvgIpc) is 2.83. The Hall–Kier alpha value is -1.89. The van der Waals surface area contributed by atoms with Crippen molar-refractivity contribution in [3.63, 3.8) is 0 Å². The predicted molar refractivity (Wildman–Crippen MR) is 64.8 cm³/mol. The fraction of sp³-hybridized carbons (Fsp3) is 0.545. The molecule has 0 saturated carbocycles. The summed E-state index contributed by atoms with van der Waals surface area (Å²) in [6, 6.07) is -1.04. The van der Waals surface area contributed by atoms with Gasteiger partial charge in [-0.3, -0.25) is 15.4 Å². The first-order chi connectivity index (χ1) is 8.56. The van der Waals surface area contributed by atoms with E-state index in [9.17, 15) is 9.59 Å². The molecule has 0 saturated heterocycles. The first-order valence-electron chi connectivity index (χ1n) is 5.76. The lowest BCUT2D eigenvalue weighted by Crippen LogP contribution is -2.47. The second-order valence-corrected chi connectivity index (χ2v) is 3.74. The molecule has 1 rings (SSSR count). The zero-order valence-corrected chi connectivity index (χ0v) is 10.7. The number of oxazole rings is 1. The first kappa shape index (κ1) is 14.2. The fourth-order valence-corrected chi connectivity index (χ4v) is 1.21. The number of amides is 3. The minimum atomic E-state index is -0.530. The van der Waals surface area contributed by atoms with Crippen molar-refractivity contribution in [2.24, 2.45) is 0 Å². The van der Waals surface area contributed by atoms with Crippen LogP contribution in [0.3, 0.4) is 0 Å². The van der Waals surface area contributed by atoms with Crippen molar-refractivity contribution in [1.82, 2.24) is 20.9 Å². The summed E-state index contributed by atoms with van der Waals surface area (Å²) >= 11 is 0. The summed E-state index contributed by atoms with van der Waals surface area (Å²) in [6.45, 7) is 3.96. The van der Waals surface area contributed by atoms with Crippen molar-refractivity contribution < 1.29 is 14.0 Å². The van der Waals surface area contributed by atoms with Gasteiger partial charge in [-0.15, -0.1) is 0 Å². The maximum absolute atomic E-state index is 11.5. The van der Waals surface area contributed by atoms with Crippen LogP contribution >= 0.6 is 0 Å². The number of hydrogen-bond acceptors (Lipinski definition) is 5. The summed E-state index contributed by atoms with van der Waals surface area (Å²) in [5.74, 6) is 0.914. The van der Waals surface area contributed by atoms with Crippen LogP contribution in [-0.2, 0) is 17.8 Å². The van der Waals surface area contributed by atoms with Gasteiger partial charge < -0.3 is 9.73 Å². The number of carbonyl (C=O) groups is 2. The van der Waals surface area contributed by atoms with Crippen molar-refractivity contribution in [2.45, 2.75) is 32.9 Å². The van der Waals surface area contributed by atoms with Crippen LogP contribution < -0.4 is 16.0 Å². The highest BCUT2D eigenvalue weighted by Crippen LogP contribution is 2.03. The molecule has 7 nitrogen and oxygen atoms in total. The normalized spacial score (nSPS) is 11.9. The van der Waals surface area contributed by atoms with Gasteiger partial charge in [0.15, 0.2) is 0 Å². The fourth-order valence-electron chi connectivity index (χ4n) is 1.21. The molecule has 0 aromatic carbocycles. The van der Waals surface area contributed by atoms with Crippen molar-refractivity contribution in [3.8, 4) is 0 Å². The van der Waals surface area contributed by atoms with Crippen molar-refractivity contribution >= 4 is 11.9 Å². The Labute approximate surface area is 105 Å².